The van der Waals surface area contributed by atoms with Crippen molar-refractivity contribution in [2.75, 3.05) is 19.7 Å². The van der Waals surface area contributed by atoms with Gasteiger partial charge in [0, 0.05) is 24.4 Å². The number of hydrogen-bond acceptors (Lipinski definition) is 4. The van der Waals surface area contributed by atoms with Crippen molar-refractivity contribution in [1.29, 1.82) is 0 Å². The minimum Gasteiger partial charge on any atom is -0.378 e. The van der Waals surface area contributed by atoms with E-state index in [0.29, 0.717) is 6.10 Å². The lowest BCUT2D eigenvalue weighted by Crippen LogP contribution is -2.20. The van der Waals surface area contributed by atoms with Gasteiger partial charge >= 0.3 is 0 Å². The second-order valence-electron chi connectivity index (χ2n) is 5.63. The molecule has 0 aromatic carbocycles. The standard InChI is InChI=1S/C16H27N3O/c1-4-8-17-9-7-15-12(2)18-16(19-13(15)3)11-14-6-5-10-20-14/h14,17H,4-11H2,1-3H3. The van der Waals surface area contributed by atoms with Crippen LogP contribution < -0.4 is 5.32 Å². The Morgan fingerprint density at radius 2 is 1.95 bits per heavy atom. The molecule has 20 heavy (non-hydrogen) atoms. The van der Waals surface area contributed by atoms with Crippen LogP contribution in [0.2, 0.25) is 0 Å². The molecule has 0 aliphatic carbocycles. The van der Waals surface area contributed by atoms with Gasteiger partial charge in [0.15, 0.2) is 0 Å². The van der Waals surface area contributed by atoms with Gasteiger partial charge in [0.25, 0.3) is 0 Å². The summed E-state index contributed by atoms with van der Waals surface area (Å²) in [5.74, 6) is 0.942. The quantitative estimate of drug-likeness (QED) is 0.777. The molecule has 1 saturated heterocycles. The van der Waals surface area contributed by atoms with Crippen LogP contribution in [-0.2, 0) is 17.6 Å². The molecule has 1 aromatic heterocycles. The smallest absolute Gasteiger partial charge is 0.131 e. The molecule has 4 heteroatoms. The van der Waals surface area contributed by atoms with Gasteiger partial charge < -0.3 is 10.1 Å². The first kappa shape index (κ1) is 15.4. The summed E-state index contributed by atoms with van der Waals surface area (Å²) in [7, 11) is 0. The second-order valence-corrected chi connectivity index (χ2v) is 5.63. The van der Waals surface area contributed by atoms with Crippen molar-refractivity contribution in [3.63, 3.8) is 0 Å². The number of hydrogen-bond donors (Lipinski definition) is 1. The first-order valence-corrected chi connectivity index (χ1v) is 7.86. The van der Waals surface area contributed by atoms with Crippen molar-refractivity contribution < 1.29 is 4.74 Å². The summed E-state index contributed by atoms with van der Waals surface area (Å²) in [6.45, 7) is 9.36. The van der Waals surface area contributed by atoms with Gasteiger partial charge in [-0.1, -0.05) is 6.92 Å². The molecular weight excluding hydrogens is 250 g/mol. The fourth-order valence-electron chi connectivity index (χ4n) is 2.79. The molecule has 1 unspecified atom stereocenters. The van der Waals surface area contributed by atoms with Crippen LogP contribution in [0.15, 0.2) is 0 Å². The summed E-state index contributed by atoms with van der Waals surface area (Å²) in [4.78, 5) is 9.35. The van der Waals surface area contributed by atoms with Crippen LogP contribution in [0.25, 0.3) is 0 Å². The van der Waals surface area contributed by atoms with E-state index in [0.717, 1.165) is 56.2 Å². The first-order valence-electron chi connectivity index (χ1n) is 7.86. The fraction of sp³-hybridized carbons (Fsp3) is 0.750. The van der Waals surface area contributed by atoms with Crippen LogP contribution in [-0.4, -0.2) is 35.8 Å². The fourth-order valence-corrected chi connectivity index (χ4v) is 2.79. The Morgan fingerprint density at radius 3 is 2.55 bits per heavy atom. The molecule has 4 nitrogen and oxygen atoms in total. The van der Waals surface area contributed by atoms with Gasteiger partial charge in [-0.2, -0.15) is 0 Å². The zero-order valence-corrected chi connectivity index (χ0v) is 13.0. The summed E-state index contributed by atoms with van der Waals surface area (Å²) >= 11 is 0. The molecule has 2 rings (SSSR count). The zero-order valence-electron chi connectivity index (χ0n) is 13.0. The van der Waals surface area contributed by atoms with E-state index in [1.165, 1.54) is 18.4 Å². The normalized spacial score (nSPS) is 18.6. The monoisotopic (exact) mass is 277 g/mol. The van der Waals surface area contributed by atoms with Gasteiger partial charge in [0.1, 0.15) is 5.82 Å². The lowest BCUT2D eigenvalue weighted by molar-refractivity contribution is 0.110. The van der Waals surface area contributed by atoms with E-state index in [-0.39, 0.29) is 0 Å². The topological polar surface area (TPSA) is 47.0 Å². The minimum absolute atomic E-state index is 0.325. The highest BCUT2D eigenvalue weighted by Crippen LogP contribution is 2.17. The van der Waals surface area contributed by atoms with Crippen LogP contribution in [0.4, 0.5) is 0 Å². The molecule has 0 amide bonds. The third-order valence-electron chi connectivity index (χ3n) is 3.88. The predicted octanol–water partition coefficient (Wildman–Crippen LogP) is 2.36. The first-order chi connectivity index (χ1) is 9.70. The van der Waals surface area contributed by atoms with Gasteiger partial charge in [0.05, 0.1) is 6.10 Å². The van der Waals surface area contributed by atoms with Crippen molar-refractivity contribution in [1.82, 2.24) is 15.3 Å². The molecule has 0 radical (unpaired) electrons. The maximum atomic E-state index is 5.67. The Morgan fingerprint density at radius 1 is 1.20 bits per heavy atom. The molecule has 1 aromatic rings. The number of aromatic nitrogens is 2. The Kier molecular flexibility index (Phi) is 5.92. The number of ether oxygens (including phenoxy) is 1. The van der Waals surface area contributed by atoms with Crippen molar-refractivity contribution in [3.05, 3.63) is 22.8 Å². The highest BCUT2D eigenvalue weighted by molar-refractivity contribution is 5.24. The third-order valence-corrected chi connectivity index (χ3v) is 3.88. The lowest BCUT2D eigenvalue weighted by atomic mass is 10.1. The average molecular weight is 277 g/mol. The third kappa shape index (κ3) is 4.25. The van der Waals surface area contributed by atoms with E-state index in [2.05, 4.69) is 36.1 Å². The van der Waals surface area contributed by atoms with Gasteiger partial charge in [0.2, 0.25) is 0 Å². The lowest BCUT2D eigenvalue weighted by Gasteiger charge is -2.13. The number of nitrogens with one attached hydrogen (secondary N) is 1. The molecule has 1 N–H and O–H groups in total. The second kappa shape index (κ2) is 7.70. The highest BCUT2D eigenvalue weighted by atomic mass is 16.5. The van der Waals surface area contributed by atoms with E-state index in [1.54, 1.807) is 0 Å². The van der Waals surface area contributed by atoms with Crippen molar-refractivity contribution in [3.8, 4) is 0 Å². The molecule has 0 saturated carbocycles. The predicted molar refractivity (Wildman–Crippen MR) is 81.0 cm³/mol. The summed E-state index contributed by atoms with van der Waals surface area (Å²) < 4.78 is 5.67. The Labute approximate surface area is 122 Å². The number of rotatable bonds is 7. The van der Waals surface area contributed by atoms with E-state index >= 15 is 0 Å². The summed E-state index contributed by atoms with van der Waals surface area (Å²) in [6.07, 6.45) is 5.68. The molecule has 0 bridgehead atoms. The number of aryl methyl sites for hydroxylation is 2. The van der Waals surface area contributed by atoms with Gasteiger partial charge in [-0.05, 0) is 58.2 Å². The Balaban J connectivity index is 1.96. The summed E-state index contributed by atoms with van der Waals surface area (Å²) in [5, 5.41) is 3.44. The van der Waals surface area contributed by atoms with Crippen molar-refractivity contribution >= 4 is 0 Å². The van der Waals surface area contributed by atoms with E-state index < -0.39 is 0 Å². The molecule has 2 heterocycles. The summed E-state index contributed by atoms with van der Waals surface area (Å²) in [5.41, 5.74) is 3.55. The maximum Gasteiger partial charge on any atom is 0.131 e. The van der Waals surface area contributed by atoms with E-state index in [9.17, 15) is 0 Å². The van der Waals surface area contributed by atoms with E-state index in [4.69, 9.17) is 4.74 Å². The van der Waals surface area contributed by atoms with Gasteiger partial charge in [-0.15, -0.1) is 0 Å². The van der Waals surface area contributed by atoms with Crippen LogP contribution >= 0.6 is 0 Å². The van der Waals surface area contributed by atoms with Crippen molar-refractivity contribution in [2.24, 2.45) is 0 Å². The van der Waals surface area contributed by atoms with E-state index in [1.807, 2.05) is 0 Å². The zero-order chi connectivity index (χ0) is 14.4. The molecule has 1 atom stereocenters. The van der Waals surface area contributed by atoms with Crippen molar-refractivity contribution in [2.45, 2.75) is 59.0 Å². The maximum absolute atomic E-state index is 5.67. The minimum atomic E-state index is 0.325. The average Bonchev–Trinajstić information content (AvgIpc) is 2.90. The summed E-state index contributed by atoms with van der Waals surface area (Å²) in [6, 6.07) is 0. The Hall–Kier alpha value is -1.00. The van der Waals surface area contributed by atoms with Crippen LogP contribution in [0.1, 0.15) is 49.0 Å². The molecule has 1 aliphatic heterocycles. The molecule has 0 spiro atoms. The van der Waals surface area contributed by atoms with Gasteiger partial charge in [-0.3, -0.25) is 0 Å². The van der Waals surface area contributed by atoms with Crippen LogP contribution in [0, 0.1) is 13.8 Å². The Bertz CT molecular complexity index is 405. The van der Waals surface area contributed by atoms with Crippen LogP contribution in [0.3, 0.4) is 0 Å². The highest BCUT2D eigenvalue weighted by Gasteiger charge is 2.18. The molecule has 1 fully saturated rings. The molecular formula is C16H27N3O. The largest absolute Gasteiger partial charge is 0.378 e. The SMILES string of the molecule is CCCNCCc1c(C)nc(CC2CCCO2)nc1C. The molecule has 1 aliphatic rings. The van der Waals surface area contributed by atoms with Gasteiger partial charge in [-0.25, -0.2) is 9.97 Å². The van der Waals surface area contributed by atoms with Crippen LogP contribution in [0.5, 0.6) is 0 Å². The molecule has 112 valence electrons. The number of nitrogens with zero attached hydrogens (tertiary/aromatic N) is 2.